The molecule has 0 aliphatic carbocycles. The molecule has 92 valence electrons. The largest absolute Gasteiger partial charge is 0.481 e. The average molecular weight is 237 g/mol. The molecule has 0 amide bonds. The van der Waals surface area contributed by atoms with Gasteiger partial charge in [-0.15, -0.1) is 0 Å². The summed E-state index contributed by atoms with van der Waals surface area (Å²) >= 11 is 0. The van der Waals surface area contributed by atoms with Crippen LogP contribution in [0.5, 0.6) is 0 Å². The van der Waals surface area contributed by atoms with Gasteiger partial charge in [0.05, 0.1) is 6.42 Å². The predicted molar refractivity (Wildman–Crippen MR) is 61.9 cm³/mol. The zero-order chi connectivity index (χ0) is 12.8. The van der Waals surface area contributed by atoms with E-state index in [1.54, 1.807) is 30.3 Å². The minimum Gasteiger partial charge on any atom is -0.481 e. The van der Waals surface area contributed by atoms with E-state index in [9.17, 15) is 9.59 Å². The minimum absolute atomic E-state index is 0.220. The SMILES string of the molecule is CNC(C(=O)O)C(CC(=O)O)c1ccccc1. The molecule has 0 saturated carbocycles. The minimum atomic E-state index is -1.05. The summed E-state index contributed by atoms with van der Waals surface area (Å²) in [6.07, 6.45) is -0.220. The lowest BCUT2D eigenvalue weighted by molar-refractivity contribution is -0.141. The molecule has 1 aromatic carbocycles. The third-order valence-corrected chi connectivity index (χ3v) is 2.60. The van der Waals surface area contributed by atoms with Crippen LogP contribution in [-0.2, 0) is 9.59 Å². The van der Waals surface area contributed by atoms with E-state index in [0.29, 0.717) is 5.56 Å². The van der Waals surface area contributed by atoms with Crippen LogP contribution in [0.3, 0.4) is 0 Å². The van der Waals surface area contributed by atoms with Crippen molar-refractivity contribution in [1.29, 1.82) is 0 Å². The topological polar surface area (TPSA) is 86.6 Å². The Labute approximate surface area is 99.1 Å². The number of benzene rings is 1. The van der Waals surface area contributed by atoms with Crippen LogP contribution in [0.2, 0.25) is 0 Å². The molecule has 3 N–H and O–H groups in total. The van der Waals surface area contributed by atoms with Crippen LogP contribution >= 0.6 is 0 Å². The molecule has 1 rings (SSSR count). The zero-order valence-electron chi connectivity index (χ0n) is 9.46. The number of carboxylic acid groups (broad SMARTS) is 2. The summed E-state index contributed by atoms with van der Waals surface area (Å²) in [4.78, 5) is 21.9. The van der Waals surface area contributed by atoms with E-state index < -0.39 is 23.9 Å². The normalized spacial score (nSPS) is 13.9. The molecule has 0 heterocycles. The summed E-state index contributed by atoms with van der Waals surface area (Å²) < 4.78 is 0. The molecule has 0 fully saturated rings. The second-order valence-electron chi connectivity index (χ2n) is 3.72. The molecule has 2 atom stereocenters. The Hall–Kier alpha value is -1.88. The lowest BCUT2D eigenvalue weighted by atomic mass is 9.88. The van der Waals surface area contributed by atoms with Crippen molar-refractivity contribution in [3.63, 3.8) is 0 Å². The number of likely N-dealkylation sites (N-methyl/N-ethyl adjacent to an activating group) is 1. The van der Waals surface area contributed by atoms with Crippen molar-refractivity contribution >= 4 is 11.9 Å². The van der Waals surface area contributed by atoms with Gasteiger partial charge in [-0.25, -0.2) is 0 Å². The van der Waals surface area contributed by atoms with Crippen molar-refractivity contribution in [2.45, 2.75) is 18.4 Å². The van der Waals surface area contributed by atoms with E-state index in [1.807, 2.05) is 0 Å². The summed E-state index contributed by atoms with van der Waals surface area (Å²) in [5.41, 5.74) is 0.705. The first kappa shape index (κ1) is 13.2. The highest BCUT2D eigenvalue weighted by molar-refractivity contribution is 5.77. The van der Waals surface area contributed by atoms with Gasteiger partial charge in [-0.2, -0.15) is 0 Å². The second-order valence-corrected chi connectivity index (χ2v) is 3.72. The van der Waals surface area contributed by atoms with Crippen LogP contribution in [0.25, 0.3) is 0 Å². The van der Waals surface area contributed by atoms with Gasteiger partial charge in [-0.05, 0) is 12.6 Å². The van der Waals surface area contributed by atoms with Crippen molar-refractivity contribution in [3.8, 4) is 0 Å². The highest BCUT2D eigenvalue weighted by atomic mass is 16.4. The van der Waals surface area contributed by atoms with E-state index in [2.05, 4.69) is 5.32 Å². The molecule has 0 aliphatic heterocycles. The van der Waals surface area contributed by atoms with E-state index in [0.717, 1.165) is 0 Å². The van der Waals surface area contributed by atoms with Crippen molar-refractivity contribution in [3.05, 3.63) is 35.9 Å². The van der Waals surface area contributed by atoms with Crippen molar-refractivity contribution in [2.24, 2.45) is 0 Å². The molecule has 0 radical (unpaired) electrons. The molecule has 0 aromatic heterocycles. The summed E-state index contributed by atoms with van der Waals surface area (Å²) in [5, 5.41) is 20.6. The quantitative estimate of drug-likeness (QED) is 0.684. The van der Waals surface area contributed by atoms with Crippen LogP contribution in [0.15, 0.2) is 30.3 Å². The van der Waals surface area contributed by atoms with Crippen molar-refractivity contribution in [1.82, 2.24) is 5.32 Å². The fourth-order valence-corrected chi connectivity index (χ4v) is 1.81. The van der Waals surface area contributed by atoms with Crippen LogP contribution in [0.1, 0.15) is 17.9 Å². The first-order chi connectivity index (χ1) is 8.06. The molecule has 2 unspecified atom stereocenters. The van der Waals surface area contributed by atoms with Gasteiger partial charge >= 0.3 is 11.9 Å². The maximum Gasteiger partial charge on any atom is 0.321 e. The van der Waals surface area contributed by atoms with E-state index in [-0.39, 0.29) is 6.42 Å². The van der Waals surface area contributed by atoms with E-state index in [1.165, 1.54) is 7.05 Å². The van der Waals surface area contributed by atoms with Crippen LogP contribution in [0.4, 0.5) is 0 Å². The van der Waals surface area contributed by atoms with Gasteiger partial charge in [0.25, 0.3) is 0 Å². The maximum absolute atomic E-state index is 11.1. The zero-order valence-corrected chi connectivity index (χ0v) is 9.46. The molecular formula is C12H15NO4. The monoisotopic (exact) mass is 237 g/mol. The number of nitrogens with one attached hydrogen (secondary N) is 1. The Balaban J connectivity index is 3.02. The number of carboxylic acids is 2. The molecule has 5 heteroatoms. The van der Waals surface area contributed by atoms with Crippen LogP contribution < -0.4 is 5.32 Å². The Morgan fingerprint density at radius 2 is 1.82 bits per heavy atom. The lowest BCUT2D eigenvalue weighted by Gasteiger charge is -2.22. The van der Waals surface area contributed by atoms with E-state index >= 15 is 0 Å². The van der Waals surface area contributed by atoms with E-state index in [4.69, 9.17) is 10.2 Å². The Morgan fingerprint density at radius 1 is 1.24 bits per heavy atom. The molecule has 17 heavy (non-hydrogen) atoms. The average Bonchev–Trinajstić information content (AvgIpc) is 2.29. The molecule has 1 aromatic rings. The van der Waals surface area contributed by atoms with Gasteiger partial charge in [0.1, 0.15) is 6.04 Å². The summed E-state index contributed by atoms with van der Waals surface area (Å²) in [6.45, 7) is 0. The smallest absolute Gasteiger partial charge is 0.321 e. The number of hydrogen-bond donors (Lipinski definition) is 3. The fraction of sp³-hybridized carbons (Fsp3) is 0.333. The predicted octanol–water partition coefficient (Wildman–Crippen LogP) is 0.917. The van der Waals surface area contributed by atoms with Crippen LogP contribution in [-0.4, -0.2) is 35.2 Å². The van der Waals surface area contributed by atoms with Gasteiger partial charge in [0.15, 0.2) is 0 Å². The van der Waals surface area contributed by atoms with Gasteiger partial charge in [-0.1, -0.05) is 30.3 Å². The summed E-state index contributed by atoms with van der Waals surface area (Å²) in [5.74, 6) is -2.65. The van der Waals surface area contributed by atoms with Gasteiger partial charge in [0, 0.05) is 5.92 Å². The Morgan fingerprint density at radius 3 is 2.24 bits per heavy atom. The molecule has 0 spiro atoms. The summed E-state index contributed by atoms with van der Waals surface area (Å²) in [7, 11) is 1.51. The Bertz CT molecular complexity index is 391. The maximum atomic E-state index is 11.1. The molecule has 0 bridgehead atoms. The van der Waals surface area contributed by atoms with Crippen molar-refractivity contribution in [2.75, 3.05) is 7.05 Å². The third-order valence-electron chi connectivity index (χ3n) is 2.60. The number of aliphatic carboxylic acids is 2. The number of carbonyl (C=O) groups is 2. The third kappa shape index (κ3) is 3.57. The highest BCUT2D eigenvalue weighted by Gasteiger charge is 2.29. The standard InChI is InChI=1S/C12H15NO4/c1-13-11(12(16)17)9(7-10(14)15)8-5-3-2-4-6-8/h2-6,9,11,13H,7H2,1H3,(H,14,15)(H,16,17). The number of rotatable bonds is 6. The van der Waals surface area contributed by atoms with Crippen molar-refractivity contribution < 1.29 is 19.8 Å². The van der Waals surface area contributed by atoms with Gasteiger partial charge in [-0.3, -0.25) is 9.59 Å². The first-order valence-electron chi connectivity index (χ1n) is 5.23. The summed E-state index contributed by atoms with van der Waals surface area (Å²) in [6, 6.07) is 7.89. The second kappa shape index (κ2) is 6.00. The molecule has 0 saturated heterocycles. The number of hydrogen-bond acceptors (Lipinski definition) is 3. The molecule has 5 nitrogen and oxygen atoms in total. The lowest BCUT2D eigenvalue weighted by Crippen LogP contribution is -2.40. The molecular weight excluding hydrogens is 222 g/mol. The molecule has 0 aliphatic rings. The first-order valence-corrected chi connectivity index (χ1v) is 5.23. The van der Waals surface area contributed by atoms with Gasteiger partial charge in [0.2, 0.25) is 0 Å². The Kier molecular flexibility index (Phi) is 4.66. The highest BCUT2D eigenvalue weighted by Crippen LogP contribution is 2.23. The van der Waals surface area contributed by atoms with Gasteiger partial charge < -0.3 is 15.5 Å². The van der Waals surface area contributed by atoms with Crippen LogP contribution in [0, 0.1) is 0 Å². The fourth-order valence-electron chi connectivity index (χ4n) is 1.81.